The van der Waals surface area contributed by atoms with Crippen LogP contribution in [0.5, 0.6) is 0 Å². The first-order valence-corrected chi connectivity index (χ1v) is 6.83. The largest absolute Gasteiger partial charge is 0.477 e. The van der Waals surface area contributed by atoms with E-state index in [9.17, 15) is 4.79 Å². The predicted molar refractivity (Wildman–Crippen MR) is 68.8 cm³/mol. The zero-order valence-corrected chi connectivity index (χ0v) is 11.0. The molecule has 1 N–H and O–H groups in total. The van der Waals surface area contributed by atoms with Crippen molar-refractivity contribution in [2.75, 3.05) is 18.0 Å². The summed E-state index contributed by atoms with van der Waals surface area (Å²) in [7, 11) is 0. The Balaban J connectivity index is 1.98. The van der Waals surface area contributed by atoms with Crippen molar-refractivity contribution in [1.82, 2.24) is 4.98 Å². The van der Waals surface area contributed by atoms with Gasteiger partial charge in [-0.15, -0.1) is 0 Å². The molecule has 1 fully saturated rings. The first-order valence-electron chi connectivity index (χ1n) is 6.02. The number of anilines is 1. The van der Waals surface area contributed by atoms with Crippen LogP contribution in [0.25, 0.3) is 0 Å². The number of carboxylic acids is 1. The van der Waals surface area contributed by atoms with Crippen LogP contribution in [0.4, 0.5) is 5.13 Å². The van der Waals surface area contributed by atoms with Crippen LogP contribution >= 0.6 is 11.3 Å². The van der Waals surface area contributed by atoms with Crippen LogP contribution in [-0.2, 0) is 0 Å². The van der Waals surface area contributed by atoms with Crippen LogP contribution in [0.15, 0.2) is 6.20 Å². The second-order valence-corrected chi connectivity index (χ2v) is 5.89. The lowest BCUT2D eigenvalue weighted by Gasteiger charge is -2.33. The summed E-state index contributed by atoms with van der Waals surface area (Å²) in [4.78, 5) is 17.5. The maximum absolute atomic E-state index is 10.8. The average molecular weight is 254 g/mol. The van der Waals surface area contributed by atoms with Gasteiger partial charge < -0.3 is 10.0 Å². The fourth-order valence-electron chi connectivity index (χ4n) is 2.27. The average Bonchev–Trinajstić information content (AvgIpc) is 2.78. The Kier molecular flexibility index (Phi) is 3.66. The Morgan fingerprint density at radius 3 is 2.65 bits per heavy atom. The maximum Gasteiger partial charge on any atom is 0.347 e. The zero-order chi connectivity index (χ0) is 12.4. The highest BCUT2D eigenvalue weighted by Crippen LogP contribution is 2.30. The zero-order valence-electron chi connectivity index (χ0n) is 10.2. The van der Waals surface area contributed by atoms with Crippen molar-refractivity contribution in [2.45, 2.75) is 26.7 Å². The van der Waals surface area contributed by atoms with Crippen LogP contribution < -0.4 is 4.90 Å². The lowest BCUT2D eigenvalue weighted by atomic mass is 9.87. The number of aromatic nitrogens is 1. The van der Waals surface area contributed by atoms with Crippen molar-refractivity contribution in [3.05, 3.63) is 11.1 Å². The van der Waals surface area contributed by atoms with Gasteiger partial charge in [0.05, 0.1) is 6.20 Å². The van der Waals surface area contributed by atoms with Gasteiger partial charge in [-0.05, 0) is 24.7 Å². The van der Waals surface area contributed by atoms with Gasteiger partial charge in [0.15, 0.2) is 5.13 Å². The molecule has 17 heavy (non-hydrogen) atoms. The third-order valence-corrected chi connectivity index (χ3v) is 4.50. The fourth-order valence-corrected chi connectivity index (χ4v) is 3.07. The molecule has 0 unspecified atom stereocenters. The summed E-state index contributed by atoms with van der Waals surface area (Å²) in [6.45, 7) is 6.53. The molecule has 1 aromatic rings. The third kappa shape index (κ3) is 2.77. The molecule has 0 bridgehead atoms. The van der Waals surface area contributed by atoms with Crippen molar-refractivity contribution in [1.29, 1.82) is 0 Å². The van der Waals surface area contributed by atoms with Crippen molar-refractivity contribution < 1.29 is 9.90 Å². The highest BCUT2D eigenvalue weighted by Gasteiger charge is 2.23. The van der Waals surface area contributed by atoms with Crippen LogP contribution in [-0.4, -0.2) is 29.1 Å². The van der Waals surface area contributed by atoms with E-state index in [1.807, 2.05) is 0 Å². The minimum atomic E-state index is -0.884. The summed E-state index contributed by atoms with van der Waals surface area (Å²) in [5, 5.41) is 9.71. The Morgan fingerprint density at radius 2 is 2.18 bits per heavy atom. The highest BCUT2D eigenvalue weighted by atomic mass is 32.1. The first kappa shape index (κ1) is 12.4. The minimum Gasteiger partial charge on any atom is -0.477 e. The van der Waals surface area contributed by atoms with Crippen LogP contribution in [0, 0.1) is 11.8 Å². The molecule has 1 saturated heterocycles. The summed E-state index contributed by atoms with van der Waals surface area (Å²) in [6, 6.07) is 0. The Hall–Kier alpha value is -1.10. The Bertz CT molecular complexity index is 395. The lowest BCUT2D eigenvalue weighted by Crippen LogP contribution is -2.35. The van der Waals surface area contributed by atoms with Gasteiger partial charge in [-0.1, -0.05) is 25.2 Å². The molecule has 0 saturated carbocycles. The SMILES string of the molecule is CC(C)C1CCN(c2ncc(C(=O)O)s2)CC1. The van der Waals surface area contributed by atoms with E-state index >= 15 is 0 Å². The summed E-state index contributed by atoms with van der Waals surface area (Å²) in [5.74, 6) is 0.652. The number of hydrogen-bond acceptors (Lipinski definition) is 4. The number of nitrogens with zero attached hydrogens (tertiary/aromatic N) is 2. The predicted octanol–water partition coefficient (Wildman–Crippen LogP) is 2.71. The molecule has 94 valence electrons. The maximum atomic E-state index is 10.8. The molecular weight excluding hydrogens is 236 g/mol. The summed E-state index contributed by atoms with van der Waals surface area (Å²) in [6.07, 6.45) is 3.82. The standard InChI is InChI=1S/C12H18N2O2S/c1-8(2)9-3-5-14(6-4-9)12-13-7-10(17-12)11(15)16/h7-9H,3-6H2,1-2H3,(H,15,16). The summed E-state index contributed by atoms with van der Waals surface area (Å²) < 4.78 is 0. The monoisotopic (exact) mass is 254 g/mol. The molecule has 2 heterocycles. The minimum absolute atomic E-state index is 0.325. The van der Waals surface area contributed by atoms with Crippen molar-refractivity contribution in [2.24, 2.45) is 11.8 Å². The van der Waals surface area contributed by atoms with Gasteiger partial charge in [-0.25, -0.2) is 9.78 Å². The number of carbonyl (C=O) groups is 1. The van der Waals surface area contributed by atoms with Gasteiger partial charge in [-0.2, -0.15) is 0 Å². The molecular formula is C12H18N2O2S. The fraction of sp³-hybridized carbons (Fsp3) is 0.667. The molecule has 1 aliphatic heterocycles. The molecule has 0 atom stereocenters. The van der Waals surface area contributed by atoms with E-state index in [1.54, 1.807) is 0 Å². The molecule has 1 aliphatic rings. The smallest absolute Gasteiger partial charge is 0.347 e. The number of rotatable bonds is 3. The molecule has 0 aromatic carbocycles. The number of thiazole rings is 1. The number of carboxylic acid groups (broad SMARTS) is 1. The van der Waals surface area contributed by atoms with Crippen LogP contribution in [0.3, 0.4) is 0 Å². The molecule has 0 spiro atoms. The Morgan fingerprint density at radius 1 is 1.53 bits per heavy atom. The van der Waals surface area contributed by atoms with Gasteiger partial charge in [0.25, 0.3) is 0 Å². The molecule has 1 aromatic heterocycles. The van der Waals surface area contributed by atoms with Gasteiger partial charge in [-0.3, -0.25) is 0 Å². The number of hydrogen-bond donors (Lipinski definition) is 1. The van der Waals surface area contributed by atoms with Crippen molar-refractivity contribution in [3.8, 4) is 0 Å². The second-order valence-electron chi connectivity index (χ2n) is 4.88. The number of piperidine rings is 1. The summed E-state index contributed by atoms with van der Waals surface area (Å²) in [5.41, 5.74) is 0. The van der Waals surface area contributed by atoms with E-state index in [-0.39, 0.29) is 0 Å². The molecule has 2 rings (SSSR count). The highest BCUT2D eigenvalue weighted by molar-refractivity contribution is 7.17. The van der Waals surface area contributed by atoms with Gasteiger partial charge in [0.2, 0.25) is 0 Å². The molecule has 0 aliphatic carbocycles. The first-order chi connectivity index (χ1) is 8.08. The second kappa shape index (κ2) is 5.04. The van der Waals surface area contributed by atoms with E-state index in [0.29, 0.717) is 4.88 Å². The van der Waals surface area contributed by atoms with Gasteiger partial charge in [0.1, 0.15) is 4.88 Å². The molecule has 0 radical (unpaired) electrons. The van der Waals surface area contributed by atoms with E-state index < -0.39 is 5.97 Å². The van der Waals surface area contributed by atoms with Crippen LogP contribution in [0.2, 0.25) is 0 Å². The van der Waals surface area contributed by atoms with E-state index in [0.717, 1.165) is 30.1 Å². The van der Waals surface area contributed by atoms with Gasteiger partial charge >= 0.3 is 5.97 Å². The van der Waals surface area contributed by atoms with Crippen LogP contribution in [0.1, 0.15) is 36.4 Å². The summed E-state index contributed by atoms with van der Waals surface area (Å²) >= 11 is 1.27. The molecule has 5 heteroatoms. The number of aromatic carboxylic acids is 1. The lowest BCUT2D eigenvalue weighted by molar-refractivity contribution is 0.0702. The quantitative estimate of drug-likeness (QED) is 0.901. The van der Waals surface area contributed by atoms with E-state index in [2.05, 4.69) is 23.7 Å². The normalized spacial score (nSPS) is 17.7. The van der Waals surface area contributed by atoms with Gasteiger partial charge in [0, 0.05) is 13.1 Å². The van der Waals surface area contributed by atoms with E-state index in [1.165, 1.54) is 30.4 Å². The van der Waals surface area contributed by atoms with E-state index in [4.69, 9.17) is 5.11 Å². The van der Waals surface area contributed by atoms with Crippen molar-refractivity contribution >= 4 is 22.4 Å². The topological polar surface area (TPSA) is 53.4 Å². The third-order valence-electron chi connectivity index (χ3n) is 3.46. The molecule has 4 nitrogen and oxygen atoms in total. The van der Waals surface area contributed by atoms with Crippen molar-refractivity contribution in [3.63, 3.8) is 0 Å². The molecule has 0 amide bonds. The Labute approximate surface area is 105 Å².